The molecule has 0 saturated heterocycles. The van der Waals surface area contributed by atoms with Gasteiger partial charge in [-0.3, -0.25) is 0 Å². The number of hydrazine groups is 1. The van der Waals surface area contributed by atoms with E-state index in [9.17, 15) is 0 Å². The lowest BCUT2D eigenvalue weighted by atomic mass is 10.4. The zero-order valence-corrected chi connectivity index (χ0v) is 11.5. The van der Waals surface area contributed by atoms with Gasteiger partial charge in [0, 0.05) is 31.5 Å². The summed E-state index contributed by atoms with van der Waals surface area (Å²) in [5, 5.41) is 3.95. The standard InChI is InChI=1S/C11H17N7S/c1-19-11-15-9(7-10(16-11)17-12)14-3-2-5-18-6-4-13-8-18/h4,6-8H,2-3,5,12H2,1H3,(H2,14,15,16,17). The van der Waals surface area contributed by atoms with Gasteiger partial charge in [0.15, 0.2) is 5.16 Å². The molecule has 0 aliphatic heterocycles. The minimum absolute atomic E-state index is 0.608. The normalized spacial score (nSPS) is 10.4. The summed E-state index contributed by atoms with van der Waals surface area (Å²) in [6, 6.07) is 1.79. The number of aryl methyl sites for hydroxylation is 1. The van der Waals surface area contributed by atoms with Crippen LogP contribution in [0.5, 0.6) is 0 Å². The van der Waals surface area contributed by atoms with E-state index in [2.05, 4.69) is 25.7 Å². The summed E-state index contributed by atoms with van der Waals surface area (Å²) in [5.41, 5.74) is 2.54. The van der Waals surface area contributed by atoms with Crippen LogP contribution in [0.3, 0.4) is 0 Å². The van der Waals surface area contributed by atoms with E-state index >= 15 is 0 Å². The predicted octanol–water partition coefficient (Wildman–Crippen LogP) is 1.18. The van der Waals surface area contributed by atoms with Gasteiger partial charge in [0.05, 0.1) is 6.33 Å². The number of aromatic nitrogens is 4. The Balaban J connectivity index is 1.84. The molecule has 7 nitrogen and oxygen atoms in total. The molecule has 4 N–H and O–H groups in total. The summed E-state index contributed by atoms with van der Waals surface area (Å²) in [4.78, 5) is 12.6. The minimum atomic E-state index is 0.608. The lowest BCUT2D eigenvalue weighted by Gasteiger charge is -2.08. The smallest absolute Gasteiger partial charge is 0.191 e. The molecule has 19 heavy (non-hydrogen) atoms. The Labute approximate surface area is 116 Å². The van der Waals surface area contributed by atoms with Crippen molar-refractivity contribution in [3.05, 3.63) is 24.8 Å². The first-order valence-electron chi connectivity index (χ1n) is 5.91. The molecule has 0 aliphatic rings. The molecule has 0 unspecified atom stereocenters. The Morgan fingerprint density at radius 2 is 2.21 bits per heavy atom. The Morgan fingerprint density at radius 3 is 2.89 bits per heavy atom. The molecule has 2 heterocycles. The minimum Gasteiger partial charge on any atom is -0.370 e. The second kappa shape index (κ2) is 6.95. The van der Waals surface area contributed by atoms with Crippen molar-refractivity contribution < 1.29 is 0 Å². The van der Waals surface area contributed by atoms with Crippen LogP contribution >= 0.6 is 11.8 Å². The van der Waals surface area contributed by atoms with Crippen molar-refractivity contribution in [2.45, 2.75) is 18.1 Å². The molecule has 0 aromatic carbocycles. The third kappa shape index (κ3) is 4.11. The van der Waals surface area contributed by atoms with Crippen LogP contribution in [-0.4, -0.2) is 32.3 Å². The number of hydrogen-bond donors (Lipinski definition) is 3. The second-order valence-corrected chi connectivity index (χ2v) is 4.62. The van der Waals surface area contributed by atoms with Gasteiger partial charge in [-0.05, 0) is 12.7 Å². The lowest BCUT2D eigenvalue weighted by Crippen LogP contribution is -2.12. The lowest BCUT2D eigenvalue weighted by molar-refractivity contribution is 0.659. The number of rotatable bonds is 7. The van der Waals surface area contributed by atoms with Gasteiger partial charge in [-0.2, -0.15) is 0 Å². The molecular weight excluding hydrogens is 262 g/mol. The maximum atomic E-state index is 5.37. The average molecular weight is 279 g/mol. The fourth-order valence-corrected chi connectivity index (χ4v) is 1.96. The number of thioether (sulfide) groups is 1. The van der Waals surface area contributed by atoms with Crippen molar-refractivity contribution in [2.75, 3.05) is 23.5 Å². The Bertz CT molecular complexity index is 477. The highest BCUT2D eigenvalue weighted by molar-refractivity contribution is 7.98. The van der Waals surface area contributed by atoms with E-state index in [1.807, 2.05) is 23.3 Å². The first-order chi connectivity index (χ1) is 9.31. The number of nitrogens with two attached hydrogens (primary N) is 1. The maximum absolute atomic E-state index is 5.37. The molecule has 0 aliphatic carbocycles. The van der Waals surface area contributed by atoms with Crippen LogP contribution in [0.4, 0.5) is 11.6 Å². The van der Waals surface area contributed by atoms with E-state index < -0.39 is 0 Å². The van der Waals surface area contributed by atoms with Crippen molar-refractivity contribution >= 4 is 23.4 Å². The predicted molar refractivity (Wildman–Crippen MR) is 77.0 cm³/mol. The van der Waals surface area contributed by atoms with Crippen molar-refractivity contribution in [2.24, 2.45) is 5.84 Å². The van der Waals surface area contributed by atoms with Gasteiger partial charge in [-0.15, -0.1) is 0 Å². The molecular formula is C11H17N7S. The molecule has 2 aromatic rings. The van der Waals surface area contributed by atoms with Gasteiger partial charge < -0.3 is 15.3 Å². The van der Waals surface area contributed by atoms with Gasteiger partial charge >= 0.3 is 0 Å². The SMILES string of the molecule is CSc1nc(NN)cc(NCCCn2ccnc2)n1. The topological polar surface area (TPSA) is 93.7 Å². The average Bonchev–Trinajstić information content (AvgIpc) is 2.96. The molecule has 0 fully saturated rings. The molecule has 102 valence electrons. The molecule has 0 spiro atoms. The first-order valence-corrected chi connectivity index (χ1v) is 7.13. The maximum Gasteiger partial charge on any atom is 0.191 e. The third-order valence-corrected chi connectivity index (χ3v) is 3.04. The van der Waals surface area contributed by atoms with E-state index in [1.54, 1.807) is 12.3 Å². The molecule has 0 bridgehead atoms. The van der Waals surface area contributed by atoms with E-state index in [4.69, 9.17) is 5.84 Å². The van der Waals surface area contributed by atoms with Crippen molar-refractivity contribution in [1.29, 1.82) is 0 Å². The zero-order valence-electron chi connectivity index (χ0n) is 10.7. The van der Waals surface area contributed by atoms with E-state index in [0.29, 0.717) is 11.0 Å². The van der Waals surface area contributed by atoms with Gasteiger partial charge in [-0.25, -0.2) is 20.8 Å². The van der Waals surface area contributed by atoms with Crippen LogP contribution in [0.25, 0.3) is 0 Å². The van der Waals surface area contributed by atoms with Gasteiger partial charge in [0.1, 0.15) is 11.6 Å². The fourth-order valence-electron chi connectivity index (χ4n) is 1.58. The highest BCUT2D eigenvalue weighted by atomic mass is 32.2. The second-order valence-electron chi connectivity index (χ2n) is 3.85. The zero-order chi connectivity index (χ0) is 13.5. The van der Waals surface area contributed by atoms with Crippen LogP contribution in [0.2, 0.25) is 0 Å². The summed E-state index contributed by atoms with van der Waals surface area (Å²) in [6.45, 7) is 1.75. The highest BCUT2D eigenvalue weighted by Crippen LogP contribution is 2.16. The van der Waals surface area contributed by atoms with E-state index in [-0.39, 0.29) is 0 Å². The van der Waals surface area contributed by atoms with Gasteiger partial charge in [-0.1, -0.05) is 11.8 Å². The van der Waals surface area contributed by atoms with Crippen LogP contribution < -0.4 is 16.6 Å². The van der Waals surface area contributed by atoms with Crippen molar-refractivity contribution in [1.82, 2.24) is 19.5 Å². The molecule has 0 radical (unpaired) electrons. The number of imidazole rings is 1. The number of anilines is 2. The monoisotopic (exact) mass is 279 g/mol. The number of nitrogens with one attached hydrogen (secondary N) is 2. The van der Waals surface area contributed by atoms with Crippen LogP contribution in [-0.2, 0) is 6.54 Å². The highest BCUT2D eigenvalue weighted by Gasteiger charge is 2.02. The van der Waals surface area contributed by atoms with Crippen LogP contribution in [0.15, 0.2) is 29.9 Å². The summed E-state index contributed by atoms with van der Waals surface area (Å²) in [6.07, 6.45) is 8.46. The molecule has 2 rings (SSSR count). The largest absolute Gasteiger partial charge is 0.370 e. The van der Waals surface area contributed by atoms with E-state index in [0.717, 1.165) is 25.3 Å². The summed E-state index contributed by atoms with van der Waals surface area (Å²) >= 11 is 1.48. The molecule has 0 atom stereocenters. The van der Waals surface area contributed by atoms with Crippen LogP contribution in [0.1, 0.15) is 6.42 Å². The fraction of sp³-hybridized carbons (Fsp3) is 0.364. The van der Waals surface area contributed by atoms with Crippen molar-refractivity contribution in [3.63, 3.8) is 0 Å². The third-order valence-electron chi connectivity index (χ3n) is 2.49. The summed E-state index contributed by atoms with van der Waals surface area (Å²) in [7, 11) is 0. The molecule has 0 saturated carbocycles. The molecule has 0 amide bonds. The Kier molecular flexibility index (Phi) is 4.99. The number of hydrogen-bond acceptors (Lipinski definition) is 7. The van der Waals surface area contributed by atoms with E-state index in [1.165, 1.54) is 11.8 Å². The van der Waals surface area contributed by atoms with Crippen molar-refractivity contribution in [3.8, 4) is 0 Å². The number of nitrogen functional groups attached to an aromatic ring is 1. The van der Waals surface area contributed by atoms with Crippen LogP contribution in [0, 0.1) is 0 Å². The Hall–Kier alpha value is -1.80. The van der Waals surface area contributed by atoms with Gasteiger partial charge in [0.25, 0.3) is 0 Å². The summed E-state index contributed by atoms with van der Waals surface area (Å²) in [5.74, 6) is 6.76. The van der Waals surface area contributed by atoms with Gasteiger partial charge in [0.2, 0.25) is 0 Å². The molecule has 2 aromatic heterocycles. The summed E-state index contributed by atoms with van der Waals surface area (Å²) < 4.78 is 2.04. The molecule has 8 heteroatoms. The quantitative estimate of drug-likeness (QED) is 0.230. The first kappa shape index (κ1) is 13.6. The Morgan fingerprint density at radius 1 is 1.37 bits per heavy atom. The number of nitrogens with zero attached hydrogens (tertiary/aromatic N) is 4.